The largest absolute Gasteiger partial charge is 0.117 e. The van der Waals surface area contributed by atoms with Crippen molar-refractivity contribution in [2.45, 2.75) is 0 Å². The van der Waals surface area contributed by atoms with E-state index in [0.29, 0.717) is 0 Å². The normalized spacial score (nSPS) is 24.8. The molecule has 0 aromatic carbocycles. The number of hydrogen-bond donors (Lipinski definition) is 0. The lowest BCUT2D eigenvalue weighted by molar-refractivity contribution is 1.59. The minimum absolute atomic E-state index is 1.30. The Morgan fingerprint density at radius 1 is 0.900 bits per heavy atom. The molecule has 4 heteroatoms. The van der Waals surface area contributed by atoms with Crippen LogP contribution in [0.5, 0.6) is 0 Å². The Morgan fingerprint density at radius 3 is 2.10 bits per heavy atom. The Hall–Kier alpha value is 0.880. The zero-order chi connectivity index (χ0) is 6.81. The van der Waals surface area contributed by atoms with Crippen LogP contribution in [0.15, 0.2) is 19.3 Å². The van der Waals surface area contributed by atoms with Gasteiger partial charge in [0.05, 0.1) is 8.47 Å². The van der Waals surface area contributed by atoms with Gasteiger partial charge in [-0.1, -0.05) is 23.5 Å². The van der Waals surface area contributed by atoms with Gasteiger partial charge < -0.3 is 0 Å². The van der Waals surface area contributed by atoms with Gasteiger partial charge in [0.1, 0.15) is 0 Å². The van der Waals surface area contributed by atoms with Gasteiger partial charge in [0.15, 0.2) is 0 Å². The van der Waals surface area contributed by atoms with Crippen LogP contribution in [0.3, 0.4) is 0 Å². The molecule has 2 heterocycles. The maximum atomic E-state index is 2.16. The molecule has 0 aliphatic carbocycles. The average molecular weight is 206 g/mol. The predicted molar refractivity (Wildman–Crippen MR) is 56.3 cm³/mol. The van der Waals surface area contributed by atoms with Crippen molar-refractivity contribution in [3.63, 3.8) is 0 Å². The summed E-state index contributed by atoms with van der Waals surface area (Å²) >= 11 is 7.72. The summed E-state index contributed by atoms with van der Waals surface area (Å²) in [6, 6.07) is 0. The standard InChI is InChI=1S/C6H6S4/c1-2-8-5(7-1)6-9-3-4-10-6/h1-2H,3-4H2. The number of hydrogen-bond acceptors (Lipinski definition) is 4. The van der Waals surface area contributed by atoms with Crippen LogP contribution in [0.4, 0.5) is 0 Å². The van der Waals surface area contributed by atoms with Crippen LogP contribution < -0.4 is 0 Å². The lowest BCUT2D eigenvalue weighted by atomic mass is 11.0. The maximum absolute atomic E-state index is 2.16. The third-order valence-electron chi connectivity index (χ3n) is 1.12. The molecule has 0 N–H and O–H groups in total. The Bertz CT molecular complexity index is 176. The van der Waals surface area contributed by atoms with Crippen LogP contribution in [-0.4, -0.2) is 11.5 Å². The van der Waals surface area contributed by atoms with E-state index in [2.05, 4.69) is 10.8 Å². The first-order valence-electron chi connectivity index (χ1n) is 2.95. The minimum Gasteiger partial charge on any atom is -0.117 e. The van der Waals surface area contributed by atoms with Gasteiger partial charge in [-0.25, -0.2) is 0 Å². The summed E-state index contributed by atoms with van der Waals surface area (Å²) < 4.78 is 3.03. The lowest BCUT2D eigenvalue weighted by Crippen LogP contribution is -1.64. The molecule has 0 nitrogen and oxygen atoms in total. The summed E-state index contributed by atoms with van der Waals surface area (Å²) in [6.45, 7) is 0. The van der Waals surface area contributed by atoms with Crippen molar-refractivity contribution in [2.75, 3.05) is 11.5 Å². The molecule has 1 saturated heterocycles. The van der Waals surface area contributed by atoms with E-state index in [4.69, 9.17) is 0 Å². The molecule has 1 fully saturated rings. The monoisotopic (exact) mass is 206 g/mol. The summed E-state index contributed by atoms with van der Waals surface area (Å²) in [5.74, 6) is 2.59. The fourth-order valence-corrected chi connectivity index (χ4v) is 5.56. The molecule has 0 spiro atoms. The molecule has 2 rings (SSSR count). The highest BCUT2D eigenvalue weighted by atomic mass is 32.2. The number of rotatable bonds is 0. The van der Waals surface area contributed by atoms with Crippen molar-refractivity contribution < 1.29 is 0 Å². The predicted octanol–water partition coefficient (Wildman–Crippen LogP) is 3.54. The molecule has 0 unspecified atom stereocenters. The summed E-state index contributed by atoms with van der Waals surface area (Å²) in [4.78, 5) is 0. The SMILES string of the molecule is C1=CSC(=C2SCCS2)S1. The fourth-order valence-electron chi connectivity index (χ4n) is 0.731. The molecule has 2 aliphatic rings. The van der Waals surface area contributed by atoms with Gasteiger partial charge in [-0.2, -0.15) is 0 Å². The van der Waals surface area contributed by atoms with Crippen molar-refractivity contribution in [3.8, 4) is 0 Å². The maximum Gasteiger partial charge on any atom is 0.0687 e. The molecule has 0 amide bonds. The molecule has 0 bridgehead atoms. The van der Waals surface area contributed by atoms with Gasteiger partial charge in [-0.3, -0.25) is 0 Å². The van der Waals surface area contributed by atoms with Crippen molar-refractivity contribution in [3.05, 3.63) is 19.3 Å². The zero-order valence-corrected chi connectivity index (χ0v) is 8.47. The summed E-state index contributed by atoms with van der Waals surface area (Å²) in [5.41, 5.74) is 0. The first kappa shape index (κ1) is 7.53. The molecular formula is C6H6S4. The molecule has 0 aromatic rings. The second kappa shape index (κ2) is 3.52. The third-order valence-corrected chi connectivity index (χ3v) is 6.48. The smallest absolute Gasteiger partial charge is 0.0687 e. The van der Waals surface area contributed by atoms with Gasteiger partial charge in [-0.15, -0.1) is 23.5 Å². The van der Waals surface area contributed by atoms with Gasteiger partial charge in [0, 0.05) is 11.5 Å². The molecule has 0 atom stereocenters. The van der Waals surface area contributed by atoms with Crippen LogP contribution >= 0.6 is 47.0 Å². The van der Waals surface area contributed by atoms with E-state index in [1.165, 1.54) is 15.7 Å². The Balaban J connectivity index is 2.12. The van der Waals surface area contributed by atoms with Crippen molar-refractivity contribution >= 4 is 47.0 Å². The van der Waals surface area contributed by atoms with E-state index in [9.17, 15) is 0 Å². The first-order valence-corrected chi connectivity index (χ1v) is 6.68. The average Bonchev–Trinajstić information content (AvgIpc) is 2.59. The number of thioether (sulfide) groups is 4. The third kappa shape index (κ3) is 1.55. The highest BCUT2D eigenvalue weighted by molar-refractivity contribution is 8.32. The van der Waals surface area contributed by atoms with E-state index >= 15 is 0 Å². The Labute approximate surface area is 77.7 Å². The quantitative estimate of drug-likeness (QED) is 0.594. The Kier molecular flexibility index (Phi) is 2.65. The zero-order valence-electron chi connectivity index (χ0n) is 5.20. The molecule has 0 aromatic heterocycles. The van der Waals surface area contributed by atoms with Gasteiger partial charge in [0.25, 0.3) is 0 Å². The van der Waals surface area contributed by atoms with Gasteiger partial charge in [-0.05, 0) is 10.8 Å². The molecule has 54 valence electrons. The lowest BCUT2D eigenvalue weighted by Gasteiger charge is -1.97. The molecule has 0 radical (unpaired) electrons. The highest BCUT2D eigenvalue weighted by Crippen LogP contribution is 2.49. The topological polar surface area (TPSA) is 0 Å². The summed E-state index contributed by atoms with van der Waals surface area (Å²) in [5, 5.41) is 4.32. The summed E-state index contributed by atoms with van der Waals surface area (Å²) in [7, 11) is 0. The minimum atomic E-state index is 1.30. The van der Waals surface area contributed by atoms with E-state index in [1.54, 1.807) is 4.24 Å². The van der Waals surface area contributed by atoms with E-state index in [1.807, 2.05) is 47.0 Å². The fraction of sp³-hybridized carbons (Fsp3) is 0.333. The van der Waals surface area contributed by atoms with Gasteiger partial charge >= 0.3 is 0 Å². The van der Waals surface area contributed by atoms with Crippen LogP contribution in [0.2, 0.25) is 0 Å². The molecular weight excluding hydrogens is 200 g/mol. The first-order chi connectivity index (χ1) is 4.97. The molecule has 0 saturated carbocycles. The van der Waals surface area contributed by atoms with Crippen LogP contribution in [0, 0.1) is 0 Å². The highest BCUT2D eigenvalue weighted by Gasteiger charge is 2.15. The van der Waals surface area contributed by atoms with E-state index in [-0.39, 0.29) is 0 Å². The second-order valence-corrected chi connectivity index (χ2v) is 6.34. The Morgan fingerprint density at radius 2 is 1.50 bits per heavy atom. The molecule has 2 aliphatic heterocycles. The van der Waals surface area contributed by atoms with Crippen LogP contribution in [-0.2, 0) is 0 Å². The van der Waals surface area contributed by atoms with Crippen molar-refractivity contribution in [1.82, 2.24) is 0 Å². The van der Waals surface area contributed by atoms with Gasteiger partial charge in [0.2, 0.25) is 0 Å². The van der Waals surface area contributed by atoms with Crippen molar-refractivity contribution in [2.24, 2.45) is 0 Å². The van der Waals surface area contributed by atoms with E-state index in [0.717, 1.165) is 0 Å². The van der Waals surface area contributed by atoms with Crippen molar-refractivity contribution in [1.29, 1.82) is 0 Å². The van der Waals surface area contributed by atoms with Crippen LogP contribution in [0.25, 0.3) is 0 Å². The van der Waals surface area contributed by atoms with Crippen LogP contribution in [0.1, 0.15) is 0 Å². The van der Waals surface area contributed by atoms with E-state index < -0.39 is 0 Å². The summed E-state index contributed by atoms with van der Waals surface area (Å²) in [6.07, 6.45) is 0. The second-order valence-electron chi connectivity index (χ2n) is 1.78. The molecule has 10 heavy (non-hydrogen) atoms.